The summed E-state index contributed by atoms with van der Waals surface area (Å²) in [5.74, 6) is 1.85. The van der Waals surface area contributed by atoms with Crippen LogP contribution in [-0.2, 0) is 12.8 Å². The molecule has 0 fully saturated rings. The van der Waals surface area contributed by atoms with Gasteiger partial charge in [-0.05, 0) is 43.7 Å². The first kappa shape index (κ1) is 13.6. The minimum absolute atomic E-state index is 0.616. The van der Waals surface area contributed by atoms with E-state index >= 15 is 0 Å². The predicted octanol–water partition coefficient (Wildman–Crippen LogP) is 2.46. The number of nitrogens with zero attached hydrogens (tertiary/aromatic N) is 1. The summed E-state index contributed by atoms with van der Waals surface area (Å²) >= 11 is 0. The monoisotopic (exact) mass is 259 g/mol. The molecule has 0 bridgehead atoms. The van der Waals surface area contributed by atoms with Crippen LogP contribution in [0.25, 0.3) is 11.3 Å². The second kappa shape index (κ2) is 5.89. The third kappa shape index (κ3) is 2.79. The molecule has 0 saturated carbocycles. The van der Waals surface area contributed by atoms with Crippen molar-refractivity contribution in [3.63, 3.8) is 0 Å². The number of aryl methyl sites for hydroxylation is 2. The molecule has 3 N–H and O–H groups in total. The third-order valence-corrected chi connectivity index (χ3v) is 3.23. The predicted molar refractivity (Wildman–Crippen MR) is 77.4 cm³/mol. The van der Waals surface area contributed by atoms with Gasteiger partial charge >= 0.3 is 0 Å². The minimum atomic E-state index is 0.616. The highest BCUT2D eigenvalue weighted by Gasteiger charge is 2.12. The van der Waals surface area contributed by atoms with Crippen LogP contribution in [0, 0.1) is 6.92 Å². The first-order chi connectivity index (χ1) is 9.19. The van der Waals surface area contributed by atoms with E-state index in [0.717, 1.165) is 41.4 Å². The Hall–Kier alpha value is -1.81. The Balaban J connectivity index is 2.46. The van der Waals surface area contributed by atoms with Crippen LogP contribution in [0.1, 0.15) is 24.0 Å². The molecule has 0 radical (unpaired) electrons. The average Bonchev–Trinajstić information content (AvgIpc) is 2.79. The van der Waals surface area contributed by atoms with Crippen molar-refractivity contribution in [1.29, 1.82) is 0 Å². The summed E-state index contributed by atoms with van der Waals surface area (Å²) in [5, 5.41) is 0. The van der Waals surface area contributed by atoms with Crippen LogP contribution < -0.4 is 10.5 Å². The lowest BCUT2D eigenvalue weighted by molar-refractivity contribution is 0.410. The highest BCUT2D eigenvalue weighted by Crippen LogP contribution is 2.28. The number of nitrogens with two attached hydrogens (primary N) is 1. The Morgan fingerprint density at radius 2 is 2.16 bits per heavy atom. The molecular weight excluding hydrogens is 238 g/mol. The number of rotatable bonds is 5. The van der Waals surface area contributed by atoms with Crippen molar-refractivity contribution in [2.24, 2.45) is 5.73 Å². The van der Waals surface area contributed by atoms with E-state index in [1.807, 2.05) is 19.1 Å². The van der Waals surface area contributed by atoms with Crippen LogP contribution in [0.2, 0.25) is 0 Å². The summed E-state index contributed by atoms with van der Waals surface area (Å²) in [6.45, 7) is 4.71. The minimum Gasteiger partial charge on any atom is -0.496 e. The fourth-order valence-electron chi connectivity index (χ4n) is 2.31. The second-order valence-corrected chi connectivity index (χ2v) is 4.57. The highest BCUT2D eigenvalue weighted by molar-refractivity contribution is 5.65. The molecule has 0 spiro atoms. The number of methoxy groups -OCH3 is 1. The van der Waals surface area contributed by atoms with Gasteiger partial charge in [-0.1, -0.05) is 6.92 Å². The molecular formula is C15H21N3O. The maximum atomic E-state index is 5.65. The van der Waals surface area contributed by atoms with E-state index in [1.165, 1.54) is 5.56 Å². The normalized spacial score (nSPS) is 10.7. The Morgan fingerprint density at radius 1 is 1.37 bits per heavy atom. The van der Waals surface area contributed by atoms with Gasteiger partial charge in [0.25, 0.3) is 0 Å². The second-order valence-electron chi connectivity index (χ2n) is 4.57. The molecule has 1 aromatic carbocycles. The molecule has 4 heteroatoms. The smallest absolute Gasteiger partial charge is 0.122 e. The first-order valence-corrected chi connectivity index (χ1v) is 6.62. The van der Waals surface area contributed by atoms with E-state index in [1.54, 1.807) is 7.11 Å². The van der Waals surface area contributed by atoms with Gasteiger partial charge in [-0.25, -0.2) is 4.98 Å². The van der Waals surface area contributed by atoms with Crippen molar-refractivity contribution >= 4 is 0 Å². The number of H-pyrrole nitrogens is 1. The number of nitrogens with one attached hydrogen (secondary N) is 1. The zero-order chi connectivity index (χ0) is 13.8. The first-order valence-electron chi connectivity index (χ1n) is 6.62. The van der Waals surface area contributed by atoms with Gasteiger partial charge in [0.15, 0.2) is 0 Å². The summed E-state index contributed by atoms with van der Waals surface area (Å²) < 4.78 is 5.36. The van der Waals surface area contributed by atoms with Crippen molar-refractivity contribution in [2.45, 2.75) is 26.7 Å². The van der Waals surface area contributed by atoms with Crippen molar-refractivity contribution < 1.29 is 4.74 Å². The Bertz CT molecular complexity index is 561. The van der Waals surface area contributed by atoms with Crippen LogP contribution in [0.4, 0.5) is 0 Å². The quantitative estimate of drug-likeness (QED) is 0.867. The van der Waals surface area contributed by atoms with Crippen LogP contribution in [0.3, 0.4) is 0 Å². The lowest BCUT2D eigenvalue weighted by Crippen LogP contribution is -2.04. The van der Waals surface area contributed by atoms with Gasteiger partial charge in [0.05, 0.1) is 12.8 Å². The molecule has 102 valence electrons. The third-order valence-electron chi connectivity index (χ3n) is 3.23. The van der Waals surface area contributed by atoms with Gasteiger partial charge < -0.3 is 15.5 Å². The molecule has 0 unspecified atom stereocenters. The van der Waals surface area contributed by atoms with E-state index in [2.05, 4.69) is 23.0 Å². The zero-order valence-electron chi connectivity index (χ0n) is 11.8. The largest absolute Gasteiger partial charge is 0.496 e. The fraction of sp³-hybridized carbons (Fsp3) is 0.400. The van der Waals surface area contributed by atoms with Crippen molar-refractivity contribution in [3.05, 3.63) is 35.3 Å². The Kier molecular flexibility index (Phi) is 4.22. The van der Waals surface area contributed by atoms with Crippen LogP contribution in [-0.4, -0.2) is 23.6 Å². The van der Waals surface area contributed by atoms with E-state index in [0.29, 0.717) is 6.54 Å². The molecule has 4 nitrogen and oxygen atoms in total. The fourth-order valence-corrected chi connectivity index (χ4v) is 2.31. The summed E-state index contributed by atoms with van der Waals surface area (Å²) in [6, 6.07) is 6.20. The maximum absolute atomic E-state index is 5.65. The Morgan fingerprint density at radius 3 is 2.79 bits per heavy atom. The van der Waals surface area contributed by atoms with Crippen molar-refractivity contribution in [2.75, 3.05) is 13.7 Å². The molecule has 0 atom stereocenters. The molecule has 0 aliphatic rings. The molecule has 0 amide bonds. The zero-order valence-corrected chi connectivity index (χ0v) is 11.8. The van der Waals surface area contributed by atoms with Crippen molar-refractivity contribution in [3.8, 4) is 17.0 Å². The molecule has 19 heavy (non-hydrogen) atoms. The lowest BCUT2D eigenvalue weighted by atomic mass is 10.0. The van der Waals surface area contributed by atoms with Gasteiger partial charge in [-0.3, -0.25) is 0 Å². The number of ether oxygens (including phenoxy) is 1. The van der Waals surface area contributed by atoms with Crippen molar-refractivity contribution in [1.82, 2.24) is 9.97 Å². The summed E-state index contributed by atoms with van der Waals surface area (Å²) in [4.78, 5) is 7.87. The average molecular weight is 259 g/mol. The standard InChI is InChI=1S/C15H21N3O/c1-4-11-9-12(5-6-14(11)19-3)15-13(7-8-16)17-10(2)18-15/h5-6,9H,4,7-8,16H2,1-3H3,(H,17,18). The number of benzene rings is 1. The lowest BCUT2D eigenvalue weighted by Gasteiger charge is -2.09. The highest BCUT2D eigenvalue weighted by atomic mass is 16.5. The van der Waals surface area contributed by atoms with Crippen LogP contribution in [0.15, 0.2) is 18.2 Å². The molecule has 0 aliphatic carbocycles. The summed E-state index contributed by atoms with van der Waals surface area (Å²) in [6.07, 6.45) is 1.75. The van der Waals surface area contributed by atoms with Crippen LogP contribution in [0.5, 0.6) is 5.75 Å². The summed E-state index contributed by atoms with van der Waals surface area (Å²) in [5.41, 5.74) is 10.1. The molecule has 1 aromatic heterocycles. The van der Waals surface area contributed by atoms with E-state index < -0.39 is 0 Å². The van der Waals surface area contributed by atoms with E-state index in [4.69, 9.17) is 10.5 Å². The topological polar surface area (TPSA) is 63.9 Å². The Labute approximate surface area is 114 Å². The van der Waals surface area contributed by atoms with Gasteiger partial charge in [0.2, 0.25) is 0 Å². The van der Waals surface area contributed by atoms with E-state index in [-0.39, 0.29) is 0 Å². The molecule has 2 rings (SSSR count). The SMILES string of the molecule is CCc1cc(-c2nc(C)[nH]c2CCN)ccc1OC. The van der Waals surface area contributed by atoms with E-state index in [9.17, 15) is 0 Å². The van der Waals surface area contributed by atoms with Gasteiger partial charge in [-0.2, -0.15) is 0 Å². The summed E-state index contributed by atoms with van der Waals surface area (Å²) in [7, 11) is 1.70. The number of imidazole rings is 1. The molecule has 0 saturated heterocycles. The van der Waals surface area contributed by atoms with Crippen LogP contribution >= 0.6 is 0 Å². The molecule has 1 heterocycles. The van der Waals surface area contributed by atoms with Gasteiger partial charge in [0.1, 0.15) is 11.6 Å². The number of hydrogen-bond acceptors (Lipinski definition) is 3. The number of aromatic amines is 1. The number of hydrogen-bond donors (Lipinski definition) is 2. The van der Waals surface area contributed by atoms with Gasteiger partial charge in [0, 0.05) is 17.7 Å². The molecule has 2 aromatic rings. The number of aromatic nitrogens is 2. The molecule has 0 aliphatic heterocycles. The maximum Gasteiger partial charge on any atom is 0.122 e. The van der Waals surface area contributed by atoms with Gasteiger partial charge in [-0.15, -0.1) is 0 Å².